The van der Waals surface area contributed by atoms with Gasteiger partial charge in [-0.3, -0.25) is 0 Å². The van der Waals surface area contributed by atoms with Crippen LogP contribution in [0.15, 0.2) is 59.3 Å². The molecule has 0 unspecified atom stereocenters. The topological polar surface area (TPSA) is 40.0 Å². The summed E-state index contributed by atoms with van der Waals surface area (Å²) in [7, 11) is 3.60. The third-order valence-corrected chi connectivity index (χ3v) is 1.98. The van der Waals surface area contributed by atoms with Crippen molar-refractivity contribution in [3.8, 4) is 0 Å². The summed E-state index contributed by atoms with van der Waals surface area (Å²) < 4.78 is 12.6. The van der Waals surface area contributed by atoms with E-state index >= 15 is 0 Å². The monoisotopic (exact) mass is 234 g/mol. The van der Waals surface area contributed by atoms with Crippen LogP contribution in [0.25, 0.3) is 0 Å². The summed E-state index contributed by atoms with van der Waals surface area (Å²) in [6.07, 6.45) is 3.52. The first-order chi connectivity index (χ1) is 8.13. The van der Waals surface area contributed by atoms with Crippen molar-refractivity contribution >= 4 is 5.69 Å². The van der Waals surface area contributed by atoms with Gasteiger partial charge in [-0.15, -0.1) is 10.2 Å². The molecule has 0 heterocycles. The predicted molar refractivity (Wildman–Crippen MR) is 66.0 cm³/mol. The Bertz CT molecular complexity index is 423. The normalized spacial score (nSPS) is 11.0. The third-order valence-electron chi connectivity index (χ3n) is 1.98. The van der Waals surface area contributed by atoms with Gasteiger partial charge in [-0.05, 0) is 24.3 Å². The van der Waals surface area contributed by atoms with Crippen LogP contribution in [0.2, 0.25) is 0 Å². The number of halogens is 1. The first-order valence-electron chi connectivity index (χ1n) is 5.06. The lowest BCUT2D eigenvalue weighted by Gasteiger charge is -2.11. The van der Waals surface area contributed by atoms with E-state index in [0.717, 1.165) is 0 Å². The molecule has 1 N–H and O–H groups in total. The molecule has 5 heteroatoms. The van der Waals surface area contributed by atoms with Gasteiger partial charge in [-0.2, -0.15) is 0 Å². The zero-order chi connectivity index (χ0) is 12.7. The summed E-state index contributed by atoms with van der Waals surface area (Å²) in [4.78, 5) is 1.71. The lowest BCUT2D eigenvalue weighted by molar-refractivity contribution is 0.553. The maximum absolute atomic E-state index is 12.6. The van der Waals surface area contributed by atoms with Crippen LogP contribution in [0.1, 0.15) is 0 Å². The predicted octanol–water partition coefficient (Wildman–Crippen LogP) is 3.00. The van der Waals surface area contributed by atoms with E-state index < -0.39 is 0 Å². The largest absolute Gasteiger partial charge is 0.393 e. The highest BCUT2D eigenvalue weighted by Gasteiger charge is 1.96. The van der Waals surface area contributed by atoms with Crippen molar-refractivity contribution in [2.24, 2.45) is 10.2 Å². The molecule has 0 atom stereocenters. The van der Waals surface area contributed by atoms with Crippen molar-refractivity contribution in [1.82, 2.24) is 10.2 Å². The highest BCUT2D eigenvalue weighted by molar-refractivity contribution is 5.35. The number of hydrogen-bond acceptors (Lipinski definition) is 4. The Morgan fingerprint density at radius 2 is 2.06 bits per heavy atom. The standard InChI is InChI=1S/C12H15FN4/c1-10(17(3)9-8-14-2)15-16-12-6-4-11(13)5-7-12/h4-9,14H,1H2,2-3H3/b9-8-,16-15?. The zero-order valence-electron chi connectivity index (χ0n) is 9.89. The van der Waals surface area contributed by atoms with E-state index in [4.69, 9.17) is 0 Å². The van der Waals surface area contributed by atoms with Crippen molar-refractivity contribution in [3.63, 3.8) is 0 Å². The van der Waals surface area contributed by atoms with Crippen molar-refractivity contribution < 1.29 is 4.39 Å². The Balaban J connectivity index is 2.61. The molecule has 0 aliphatic rings. The van der Waals surface area contributed by atoms with Crippen molar-refractivity contribution in [2.45, 2.75) is 0 Å². The molecule has 0 aliphatic carbocycles. The minimum Gasteiger partial charge on any atom is -0.393 e. The Morgan fingerprint density at radius 1 is 1.41 bits per heavy atom. The summed E-state index contributed by atoms with van der Waals surface area (Å²) >= 11 is 0. The molecule has 17 heavy (non-hydrogen) atoms. The molecule has 0 saturated carbocycles. The van der Waals surface area contributed by atoms with E-state index in [1.165, 1.54) is 12.1 Å². The van der Waals surface area contributed by atoms with Crippen LogP contribution in [-0.4, -0.2) is 19.0 Å². The highest BCUT2D eigenvalue weighted by Crippen LogP contribution is 2.14. The molecule has 0 bridgehead atoms. The number of hydrogen-bond donors (Lipinski definition) is 1. The van der Waals surface area contributed by atoms with Crippen molar-refractivity contribution in [3.05, 3.63) is 54.9 Å². The average molecular weight is 234 g/mol. The summed E-state index contributed by atoms with van der Waals surface area (Å²) in [6.45, 7) is 3.75. The first kappa shape index (κ1) is 12.9. The van der Waals surface area contributed by atoms with Crippen LogP contribution < -0.4 is 5.32 Å². The molecule has 0 amide bonds. The van der Waals surface area contributed by atoms with Gasteiger partial charge in [0.25, 0.3) is 0 Å². The second-order valence-corrected chi connectivity index (χ2v) is 3.31. The first-order valence-corrected chi connectivity index (χ1v) is 5.06. The third kappa shape index (κ3) is 4.46. The quantitative estimate of drug-likeness (QED) is 0.795. The fourth-order valence-corrected chi connectivity index (χ4v) is 0.966. The Hall–Kier alpha value is -2.17. The summed E-state index contributed by atoms with van der Waals surface area (Å²) in [6, 6.07) is 5.77. The summed E-state index contributed by atoms with van der Waals surface area (Å²) in [5.41, 5.74) is 0.582. The molecular formula is C12H15FN4. The molecule has 0 spiro atoms. The van der Waals surface area contributed by atoms with Gasteiger partial charge < -0.3 is 10.2 Å². The number of rotatable bonds is 5. The lowest BCUT2D eigenvalue weighted by atomic mass is 10.3. The molecule has 0 saturated heterocycles. The van der Waals surface area contributed by atoms with Crippen LogP contribution >= 0.6 is 0 Å². The van der Waals surface area contributed by atoms with Gasteiger partial charge in [0.05, 0.1) is 5.69 Å². The smallest absolute Gasteiger partial charge is 0.147 e. The van der Waals surface area contributed by atoms with Crippen LogP contribution in [0, 0.1) is 5.82 Å². The van der Waals surface area contributed by atoms with Crippen LogP contribution in [-0.2, 0) is 0 Å². The van der Waals surface area contributed by atoms with Gasteiger partial charge in [0, 0.05) is 26.5 Å². The molecule has 0 aromatic heterocycles. The minimum atomic E-state index is -0.295. The van der Waals surface area contributed by atoms with E-state index in [0.29, 0.717) is 11.5 Å². The van der Waals surface area contributed by atoms with Gasteiger partial charge in [0.1, 0.15) is 11.6 Å². The van der Waals surface area contributed by atoms with E-state index in [2.05, 4.69) is 22.1 Å². The van der Waals surface area contributed by atoms with Crippen molar-refractivity contribution in [2.75, 3.05) is 14.1 Å². The second kappa shape index (κ2) is 6.42. The molecule has 1 aromatic rings. The molecule has 0 fully saturated rings. The SMILES string of the molecule is C=C(N=Nc1ccc(F)cc1)N(C)/C=C\NC. The lowest BCUT2D eigenvalue weighted by Crippen LogP contribution is -2.08. The Kier molecular flexibility index (Phi) is 4.87. The highest BCUT2D eigenvalue weighted by atomic mass is 19.1. The molecule has 1 aromatic carbocycles. The van der Waals surface area contributed by atoms with Gasteiger partial charge in [0.15, 0.2) is 0 Å². The molecular weight excluding hydrogens is 219 g/mol. The minimum absolute atomic E-state index is 0.295. The Labute approximate surface area is 100 Å². The fourth-order valence-electron chi connectivity index (χ4n) is 0.966. The number of benzene rings is 1. The molecule has 0 aliphatic heterocycles. The summed E-state index contributed by atoms with van der Waals surface area (Å²) in [5, 5.41) is 10.7. The van der Waals surface area contributed by atoms with E-state index in [9.17, 15) is 4.39 Å². The van der Waals surface area contributed by atoms with Crippen LogP contribution in [0.5, 0.6) is 0 Å². The molecule has 1 rings (SSSR count). The van der Waals surface area contributed by atoms with Crippen LogP contribution in [0.4, 0.5) is 10.1 Å². The van der Waals surface area contributed by atoms with Crippen LogP contribution in [0.3, 0.4) is 0 Å². The maximum Gasteiger partial charge on any atom is 0.147 e. The second-order valence-electron chi connectivity index (χ2n) is 3.31. The molecule has 4 nitrogen and oxygen atoms in total. The van der Waals surface area contributed by atoms with E-state index in [1.807, 2.05) is 0 Å². The van der Waals surface area contributed by atoms with Gasteiger partial charge in [-0.25, -0.2) is 4.39 Å². The maximum atomic E-state index is 12.6. The Morgan fingerprint density at radius 3 is 2.65 bits per heavy atom. The summed E-state index contributed by atoms with van der Waals surface area (Å²) in [5.74, 6) is 0.192. The average Bonchev–Trinajstić information content (AvgIpc) is 2.34. The van der Waals surface area contributed by atoms with Crippen molar-refractivity contribution in [1.29, 1.82) is 0 Å². The van der Waals surface area contributed by atoms with E-state index in [-0.39, 0.29) is 5.82 Å². The van der Waals surface area contributed by atoms with Gasteiger partial charge >= 0.3 is 0 Å². The zero-order valence-corrected chi connectivity index (χ0v) is 9.89. The van der Waals surface area contributed by atoms with Gasteiger partial charge in [-0.1, -0.05) is 6.58 Å². The van der Waals surface area contributed by atoms with Gasteiger partial charge in [0.2, 0.25) is 0 Å². The molecule has 90 valence electrons. The number of azo groups is 1. The molecule has 0 radical (unpaired) electrons. The number of nitrogens with one attached hydrogen (secondary N) is 1. The fraction of sp³-hybridized carbons (Fsp3) is 0.167. The van der Waals surface area contributed by atoms with E-state index in [1.54, 1.807) is 43.5 Å². The number of nitrogens with zero attached hydrogens (tertiary/aromatic N) is 3.